The molecule has 2 N–H and O–H groups in total. The van der Waals surface area contributed by atoms with Crippen LogP contribution < -0.4 is 5.73 Å². The predicted octanol–water partition coefficient (Wildman–Crippen LogP) is 3.03. The minimum Gasteiger partial charge on any atom is -0.384 e. The molecule has 2 aromatic rings. The van der Waals surface area contributed by atoms with Crippen molar-refractivity contribution in [2.24, 2.45) is 0 Å². The van der Waals surface area contributed by atoms with Crippen LogP contribution in [0.4, 0.5) is 5.82 Å². The summed E-state index contributed by atoms with van der Waals surface area (Å²) < 4.78 is 0. The Kier molecular flexibility index (Phi) is 2.75. The van der Waals surface area contributed by atoms with Gasteiger partial charge in [0.1, 0.15) is 5.82 Å². The van der Waals surface area contributed by atoms with Gasteiger partial charge in [-0.25, -0.2) is 9.97 Å². The van der Waals surface area contributed by atoms with E-state index in [-0.39, 0.29) is 0 Å². The number of nitrogens with zero attached hydrogens (tertiary/aromatic N) is 2. The molecule has 15 heavy (non-hydrogen) atoms. The molecule has 76 valence electrons. The van der Waals surface area contributed by atoms with Gasteiger partial charge in [0.15, 0.2) is 5.82 Å². The van der Waals surface area contributed by atoms with Gasteiger partial charge in [0.2, 0.25) is 0 Å². The van der Waals surface area contributed by atoms with Gasteiger partial charge in [0, 0.05) is 16.8 Å². The van der Waals surface area contributed by atoms with Gasteiger partial charge in [-0.15, -0.1) is 0 Å². The Morgan fingerprint density at radius 2 is 1.93 bits per heavy atom. The fraction of sp³-hybridized carbons (Fsp3) is 0. The van der Waals surface area contributed by atoms with Crippen LogP contribution in [0.5, 0.6) is 0 Å². The molecule has 0 atom stereocenters. The molecule has 0 amide bonds. The number of rotatable bonds is 1. The molecule has 0 bridgehead atoms. The van der Waals surface area contributed by atoms with Gasteiger partial charge in [-0.05, 0) is 24.3 Å². The van der Waals surface area contributed by atoms with E-state index in [1.165, 1.54) is 0 Å². The maximum absolute atomic E-state index is 6.01. The first-order chi connectivity index (χ1) is 7.16. The Morgan fingerprint density at radius 1 is 1.13 bits per heavy atom. The third-order valence-electron chi connectivity index (χ3n) is 1.85. The summed E-state index contributed by atoms with van der Waals surface area (Å²) in [4.78, 5) is 8.15. The Morgan fingerprint density at radius 3 is 2.60 bits per heavy atom. The molecule has 0 radical (unpaired) electrons. The number of nitrogen functional groups attached to an aromatic ring is 1. The average molecular weight is 240 g/mol. The van der Waals surface area contributed by atoms with Crippen molar-refractivity contribution in [2.75, 3.05) is 5.73 Å². The first kappa shape index (κ1) is 10.2. The van der Waals surface area contributed by atoms with Gasteiger partial charge in [-0.3, -0.25) is 0 Å². The lowest BCUT2D eigenvalue weighted by Gasteiger charge is -2.03. The fourth-order valence-electron chi connectivity index (χ4n) is 1.17. The number of aromatic nitrogens is 2. The van der Waals surface area contributed by atoms with Crippen LogP contribution >= 0.6 is 23.2 Å². The summed E-state index contributed by atoms with van der Waals surface area (Å²) in [5.41, 5.74) is 6.27. The van der Waals surface area contributed by atoms with Crippen molar-refractivity contribution in [1.82, 2.24) is 9.97 Å². The van der Waals surface area contributed by atoms with Crippen molar-refractivity contribution in [3.8, 4) is 11.4 Å². The number of halogens is 2. The van der Waals surface area contributed by atoms with Crippen LogP contribution in [-0.2, 0) is 0 Å². The highest BCUT2D eigenvalue weighted by molar-refractivity contribution is 6.36. The van der Waals surface area contributed by atoms with Crippen LogP contribution in [-0.4, -0.2) is 9.97 Å². The lowest BCUT2D eigenvalue weighted by atomic mass is 10.2. The second kappa shape index (κ2) is 4.04. The molecule has 0 aliphatic heterocycles. The Balaban J connectivity index is 2.54. The van der Waals surface area contributed by atoms with Gasteiger partial charge in [0.25, 0.3) is 0 Å². The van der Waals surface area contributed by atoms with Crippen LogP contribution in [0.25, 0.3) is 11.4 Å². The SMILES string of the molecule is Nc1ccnc(-c2ccc(Cl)cc2Cl)n1. The van der Waals surface area contributed by atoms with Crippen LogP contribution in [0.3, 0.4) is 0 Å². The molecule has 3 nitrogen and oxygen atoms in total. The summed E-state index contributed by atoms with van der Waals surface area (Å²) in [7, 11) is 0. The molecular formula is C10H7Cl2N3. The van der Waals surface area contributed by atoms with Crippen LogP contribution in [0.15, 0.2) is 30.5 Å². The summed E-state index contributed by atoms with van der Waals surface area (Å²) >= 11 is 11.8. The molecule has 0 fully saturated rings. The molecule has 1 aromatic heterocycles. The van der Waals surface area contributed by atoms with Gasteiger partial charge in [-0.1, -0.05) is 23.2 Å². The van der Waals surface area contributed by atoms with Crippen LogP contribution in [0.2, 0.25) is 10.0 Å². The third-order valence-corrected chi connectivity index (χ3v) is 2.40. The summed E-state index contributed by atoms with van der Waals surface area (Å²) in [5.74, 6) is 0.905. The van der Waals surface area contributed by atoms with E-state index < -0.39 is 0 Å². The summed E-state index contributed by atoms with van der Waals surface area (Å²) in [5, 5.41) is 1.08. The molecule has 0 aliphatic rings. The number of hydrogen-bond donors (Lipinski definition) is 1. The number of benzene rings is 1. The van der Waals surface area contributed by atoms with Gasteiger partial charge >= 0.3 is 0 Å². The molecule has 0 aliphatic carbocycles. The smallest absolute Gasteiger partial charge is 0.162 e. The third kappa shape index (κ3) is 2.19. The molecule has 0 unspecified atom stereocenters. The second-order valence-corrected chi connectivity index (χ2v) is 3.77. The highest BCUT2D eigenvalue weighted by Gasteiger charge is 2.06. The van der Waals surface area contributed by atoms with E-state index in [1.54, 1.807) is 30.5 Å². The Bertz CT molecular complexity index is 500. The molecule has 0 saturated carbocycles. The average Bonchev–Trinajstić information content (AvgIpc) is 2.17. The van der Waals surface area contributed by atoms with E-state index in [1.807, 2.05) is 0 Å². The minimum absolute atomic E-state index is 0.408. The lowest BCUT2D eigenvalue weighted by molar-refractivity contribution is 1.18. The highest BCUT2D eigenvalue weighted by atomic mass is 35.5. The topological polar surface area (TPSA) is 51.8 Å². The molecule has 2 rings (SSSR count). The van der Waals surface area contributed by atoms with Crippen molar-refractivity contribution in [3.05, 3.63) is 40.5 Å². The first-order valence-corrected chi connectivity index (χ1v) is 4.96. The standard InChI is InChI=1S/C10H7Cl2N3/c11-6-1-2-7(8(12)5-6)10-14-4-3-9(13)15-10/h1-5H,(H2,13,14,15). The zero-order valence-electron chi connectivity index (χ0n) is 7.61. The van der Waals surface area contributed by atoms with Gasteiger partial charge in [-0.2, -0.15) is 0 Å². The highest BCUT2D eigenvalue weighted by Crippen LogP contribution is 2.27. The van der Waals surface area contributed by atoms with E-state index in [2.05, 4.69) is 9.97 Å². The second-order valence-electron chi connectivity index (χ2n) is 2.93. The minimum atomic E-state index is 0.408. The summed E-state index contributed by atoms with van der Waals surface area (Å²) in [6.07, 6.45) is 1.59. The van der Waals surface area contributed by atoms with E-state index >= 15 is 0 Å². The first-order valence-electron chi connectivity index (χ1n) is 4.21. The van der Waals surface area contributed by atoms with E-state index in [0.29, 0.717) is 27.3 Å². The Hall–Kier alpha value is -1.32. The zero-order valence-corrected chi connectivity index (χ0v) is 9.13. The quantitative estimate of drug-likeness (QED) is 0.833. The van der Waals surface area contributed by atoms with Gasteiger partial charge in [0.05, 0.1) is 5.02 Å². The predicted molar refractivity (Wildman–Crippen MR) is 61.9 cm³/mol. The van der Waals surface area contributed by atoms with Crippen molar-refractivity contribution in [1.29, 1.82) is 0 Å². The molecule has 1 aromatic carbocycles. The number of nitrogens with two attached hydrogens (primary N) is 1. The largest absolute Gasteiger partial charge is 0.384 e. The molecule has 5 heteroatoms. The monoisotopic (exact) mass is 239 g/mol. The Labute approximate surface area is 96.9 Å². The van der Waals surface area contributed by atoms with E-state index in [4.69, 9.17) is 28.9 Å². The maximum atomic E-state index is 6.01. The normalized spacial score (nSPS) is 10.3. The van der Waals surface area contributed by atoms with Crippen LogP contribution in [0.1, 0.15) is 0 Å². The molecule has 1 heterocycles. The number of anilines is 1. The van der Waals surface area contributed by atoms with Crippen molar-refractivity contribution in [2.45, 2.75) is 0 Å². The van der Waals surface area contributed by atoms with Crippen molar-refractivity contribution >= 4 is 29.0 Å². The van der Waals surface area contributed by atoms with Crippen LogP contribution in [0, 0.1) is 0 Å². The number of hydrogen-bond acceptors (Lipinski definition) is 3. The lowest BCUT2D eigenvalue weighted by Crippen LogP contribution is -1.94. The van der Waals surface area contributed by atoms with E-state index in [9.17, 15) is 0 Å². The zero-order chi connectivity index (χ0) is 10.8. The van der Waals surface area contributed by atoms with Crippen molar-refractivity contribution in [3.63, 3.8) is 0 Å². The molecule has 0 saturated heterocycles. The molecular weight excluding hydrogens is 233 g/mol. The fourth-order valence-corrected chi connectivity index (χ4v) is 1.67. The molecule has 0 spiro atoms. The maximum Gasteiger partial charge on any atom is 0.162 e. The van der Waals surface area contributed by atoms with Gasteiger partial charge < -0.3 is 5.73 Å². The van der Waals surface area contributed by atoms with E-state index in [0.717, 1.165) is 0 Å². The van der Waals surface area contributed by atoms with Crippen molar-refractivity contribution < 1.29 is 0 Å². The summed E-state index contributed by atoms with van der Waals surface area (Å²) in [6.45, 7) is 0. The summed E-state index contributed by atoms with van der Waals surface area (Å²) in [6, 6.07) is 6.76.